The van der Waals surface area contributed by atoms with Crippen LogP contribution in [0.2, 0.25) is 0 Å². The summed E-state index contributed by atoms with van der Waals surface area (Å²) in [6.45, 7) is -0.397. The fraction of sp³-hybridized carbons (Fsp3) is 0.364. The first-order chi connectivity index (χ1) is 13.5. The third kappa shape index (κ3) is 4.44. The molecule has 0 spiro atoms. The van der Waals surface area contributed by atoms with Gasteiger partial charge in [0.1, 0.15) is 11.5 Å². The molecule has 2 aromatic carbocycles. The van der Waals surface area contributed by atoms with Gasteiger partial charge in [0.2, 0.25) is 5.91 Å². The molecule has 0 saturated heterocycles. The van der Waals surface area contributed by atoms with E-state index in [1.807, 2.05) is 24.3 Å². The molecule has 0 unspecified atom stereocenters. The highest BCUT2D eigenvalue weighted by molar-refractivity contribution is 5.99. The number of carbonyl (C=O) groups is 2. The molecule has 2 N–H and O–H groups in total. The van der Waals surface area contributed by atoms with Crippen LogP contribution in [0, 0.1) is 0 Å². The van der Waals surface area contributed by atoms with E-state index >= 15 is 0 Å². The van der Waals surface area contributed by atoms with Crippen molar-refractivity contribution in [3.63, 3.8) is 0 Å². The van der Waals surface area contributed by atoms with E-state index in [0.717, 1.165) is 43.4 Å². The summed E-state index contributed by atoms with van der Waals surface area (Å²) in [5.41, 5.74) is 1.11. The lowest BCUT2D eigenvalue weighted by atomic mass is 9.68. The Morgan fingerprint density at radius 1 is 0.964 bits per heavy atom. The summed E-state index contributed by atoms with van der Waals surface area (Å²) in [5.74, 6) is 0.169. The number of aliphatic carboxylic acids is 1. The van der Waals surface area contributed by atoms with Crippen LogP contribution in [0.25, 0.3) is 0 Å². The van der Waals surface area contributed by atoms with E-state index < -0.39 is 18.0 Å². The lowest BCUT2D eigenvalue weighted by Crippen LogP contribution is -2.42. The maximum Gasteiger partial charge on any atom is 0.341 e. The normalized spacial score (nSPS) is 15.5. The lowest BCUT2D eigenvalue weighted by Gasteiger charge is -2.36. The van der Waals surface area contributed by atoms with Gasteiger partial charge in [-0.1, -0.05) is 31.4 Å². The molecule has 2 aromatic rings. The number of carbonyl (C=O) groups excluding carboxylic acids is 1. The molecule has 6 heteroatoms. The molecule has 1 fully saturated rings. The van der Waals surface area contributed by atoms with Gasteiger partial charge in [0.15, 0.2) is 6.61 Å². The van der Waals surface area contributed by atoms with Crippen molar-refractivity contribution in [1.29, 1.82) is 0 Å². The smallest absolute Gasteiger partial charge is 0.341 e. The molecule has 1 saturated carbocycles. The third-order valence-electron chi connectivity index (χ3n) is 5.26. The van der Waals surface area contributed by atoms with Crippen molar-refractivity contribution in [2.75, 3.05) is 19.0 Å². The topological polar surface area (TPSA) is 84.9 Å². The zero-order chi connectivity index (χ0) is 20.0. The van der Waals surface area contributed by atoms with Gasteiger partial charge >= 0.3 is 5.97 Å². The largest absolute Gasteiger partial charge is 0.497 e. The molecular weight excluding hydrogens is 358 g/mol. The Morgan fingerprint density at radius 3 is 2.14 bits per heavy atom. The molecule has 0 radical (unpaired) electrons. The molecule has 1 aliphatic carbocycles. The van der Waals surface area contributed by atoms with Crippen molar-refractivity contribution in [1.82, 2.24) is 0 Å². The van der Waals surface area contributed by atoms with Crippen LogP contribution in [-0.2, 0) is 15.0 Å². The van der Waals surface area contributed by atoms with E-state index in [0.29, 0.717) is 11.4 Å². The van der Waals surface area contributed by atoms with E-state index in [1.54, 1.807) is 31.4 Å². The molecule has 28 heavy (non-hydrogen) atoms. The first-order valence-corrected chi connectivity index (χ1v) is 9.44. The Bertz CT molecular complexity index is 808. The molecule has 0 aliphatic heterocycles. The summed E-state index contributed by atoms with van der Waals surface area (Å²) in [4.78, 5) is 23.9. The molecule has 3 rings (SSSR count). The summed E-state index contributed by atoms with van der Waals surface area (Å²) in [6, 6.07) is 14.5. The van der Waals surface area contributed by atoms with Gasteiger partial charge in [-0.15, -0.1) is 0 Å². The third-order valence-corrected chi connectivity index (χ3v) is 5.26. The molecule has 148 valence electrons. The number of methoxy groups -OCH3 is 1. The Labute approximate surface area is 164 Å². The van der Waals surface area contributed by atoms with E-state index in [-0.39, 0.29) is 5.91 Å². The summed E-state index contributed by atoms with van der Waals surface area (Å²) in [6.07, 6.45) is 4.79. The van der Waals surface area contributed by atoms with Crippen LogP contribution in [0.3, 0.4) is 0 Å². The highest BCUT2D eigenvalue weighted by Gasteiger charge is 2.41. The predicted molar refractivity (Wildman–Crippen MR) is 106 cm³/mol. The first kappa shape index (κ1) is 19.7. The molecule has 0 heterocycles. The first-order valence-electron chi connectivity index (χ1n) is 9.44. The average Bonchev–Trinajstić information content (AvgIpc) is 2.73. The molecule has 1 amide bonds. The maximum atomic E-state index is 13.3. The number of amides is 1. The van der Waals surface area contributed by atoms with Crippen molar-refractivity contribution in [3.8, 4) is 11.5 Å². The molecule has 0 aromatic heterocycles. The second-order valence-electron chi connectivity index (χ2n) is 7.03. The Kier molecular flexibility index (Phi) is 6.19. The standard InChI is InChI=1S/C22H25NO5/c1-27-18-9-5-16(6-10-18)22(13-3-2-4-14-22)21(26)23-17-7-11-19(12-8-17)28-15-20(24)25/h5-12H,2-4,13-15H2,1H3,(H,23,26)(H,24,25). The van der Waals surface area contributed by atoms with Crippen molar-refractivity contribution < 1.29 is 24.2 Å². The highest BCUT2D eigenvalue weighted by atomic mass is 16.5. The number of rotatable bonds is 7. The van der Waals surface area contributed by atoms with Crippen LogP contribution in [0.5, 0.6) is 11.5 Å². The minimum atomic E-state index is -1.03. The Morgan fingerprint density at radius 2 is 1.57 bits per heavy atom. The number of anilines is 1. The van der Waals surface area contributed by atoms with Gasteiger partial charge in [0.05, 0.1) is 12.5 Å². The number of benzene rings is 2. The second kappa shape index (κ2) is 8.78. The Hall–Kier alpha value is -3.02. The molecule has 6 nitrogen and oxygen atoms in total. The number of carboxylic acids is 1. The van der Waals surface area contributed by atoms with Crippen LogP contribution >= 0.6 is 0 Å². The van der Waals surface area contributed by atoms with Crippen LogP contribution in [0.15, 0.2) is 48.5 Å². The number of nitrogens with one attached hydrogen (secondary N) is 1. The fourth-order valence-electron chi connectivity index (χ4n) is 3.74. The summed E-state index contributed by atoms with van der Waals surface area (Å²) in [5, 5.41) is 11.7. The quantitative estimate of drug-likeness (QED) is 0.755. The minimum Gasteiger partial charge on any atom is -0.497 e. The van der Waals surface area contributed by atoms with Crippen molar-refractivity contribution in [3.05, 3.63) is 54.1 Å². The number of ether oxygens (including phenoxy) is 2. The molecular formula is C22H25NO5. The van der Waals surface area contributed by atoms with Gasteiger partial charge in [0.25, 0.3) is 0 Å². The monoisotopic (exact) mass is 383 g/mol. The zero-order valence-electron chi connectivity index (χ0n) is 15.9. The fourth-order valence-corrected chi connectivity index (χ4v) is 3.74. The lowest BCUT2D eigenvalue weighted by molar-refractivity contribution is -0.139. The van der Waals surface area contributed by atoms with Gasteiger partial charge in [-0.3, -0.25) is 4.79 Å². The molecule has 0 atom stereocenters. The van der Waals surface area contributed by atoms with Crippen molar-refractivity contribution in [2.45, 2.75) is 37.5 Å². The summed E-state index contributed by atoms with van der Waals surface area (Å²) < 4.78 is 10.4. The molecule has 0 bridgehead atoms. The summed E-state index contributed by atoms with van der Waals surface area (Å²) >= 11 is 0. The van der Waals surface area contributed by atoms with Gasteiger partial charge in [-0.25, -0.2) is 4.79 Å². The summed E-state index contributed by atoms with van der Waals surface area (Å²) in [7, 11) is 1.63. The van der Waals surface area contributed by atoms with Crippen LogP contribution in [-0.4, -0.2) is 30.7 Å². The zero-order valence-corrected chi connectivity index (χ0v) is 15.9. The van der Waals surface area contributed by atoms with E-state index in [9.17, 15) is 9.59 Å². The van der Waals surface area contributed by atoms with Gasteiger partial charge in [-0.2, -0.15) is 0 Å². The van der Waals surface area contributed by atoms with Crippen LogP contribution in [0.1, 0.15) is 37.7 Å². The van der Waals surface area contributed by atoms with E-state index in [1.165, 1.54) is 0 Å². The van der Waals surface area contributed by atoms with E-state index in [2.05, 4.69) is 5.32 Å². The van der Waals surface area contributed by atoms with Gasteiger partial charge < -0.3 is 19.9 Å². The number of carboxylic acid groups (broad SMARTS) is 1. The Balaban J connectivity index is 1.77. The van der Waals surface area contributed by atoms with E-state index in [4.69, 9.17) is 14.6 Å². The van der Waals surface area contributed by atoms with Crippen molar-refractivity contribution >= 4 is 17.6 Å². The average molecular weight is 383 g/mol. The predicted octanol–water partition coefficient (Wildman–Crippen LogP) is 4.00. The number of hydrogen-bond acceptors (Lipinski definition) is 4. The SMILES string of the molecule is COc1ccc(C2(C(=O)Nc3ccc(OCC(=O)O)cc3)CCCCC2)cc1. The maximum absolute atomic E-state index is 13.3. The van der Waals surface area contributed by atoms with Gasteiger partial charge in [0, 0.05) is 5.69 Å². The number of hydrogen-bond donors (Lipinski definition) is 2. The van der Waals surface area contributed by atoms with Crippen LogP contribution in [0.4, 0.5) is 5.69 Å². The van der Waals surface area contributed by atoms with Crippen LogP contribution < -0.4 is 14.8 Å². The molecule has 1 aliphatic rings. The van der Waals surface area contributed by atoms with Gasteiger partial charge in [-0.05, 0) is 54.8 Å². The van der Waals surface area contributed by atoms with Crippen molar-refractivity contribution in [2.24, 2.45) is 0 Å². The highest BCUT2D eigenvalue weighted by Crippen LogP contribution is 2.41. The minimum absolute atomic E-state index is 0.0171. The second-order valence-corrected chi connectivity index (χ2v) is 7.03.